The first kappa shape index (κ1) is 19.7. The van der Waals surface area contributed by atoms with E-state index in [1.54, 1.807) is 7.11 Å². The molecule has 0 spiro atoms. The highest BCUT2D eigenvalue weighted by Crippen LogP contribution is 2.45. The average molecular weight is 390 g/mol. The van der Waals surface area contributed by atoms with Crippen molar-refractivity contribution in [2.45, 2.75) is 43.7 Å². The largest absolute Gasteiger partial charge is 0.496 e. The van der Waals surface area contributed by atoms with Crippen LogP contribution in [0.15, 0.2) is 24.3 Å². The van der Waals surface area contributed by atoms with Gasteiger partial charge in [-0.15, -0.1) is 0 Å². The summed E-state index contributed by atoms with van der Waals surface area (Å²) in [6.45, 7) is 3.89. The Hall–Kier alpha value is -1.63. The molecule has 0 radical (unpaired) electrons. The Morgan fingerprint density at radius 1 is 1.29 bits per heavy atom. The number of para-hydroxylation sites is 1. The Labute approximate surface area is 167 Å². The number of amides is 1. The van der Waals surface area contributed by atoms with E-state index in [1.807, 2.05) is 23.1 Å². The monoisotopic (exact) mass is 389 g/mol. The van der Waals surface area contributed by atoms with Crippen molar-refractivity contribution in [1.82, 2.24) is 4.90 Å². The maximum absolute atomic E-state index is 13.0. The predicted octanol–water partition coefficient (Wildman–Crippen LogP) is 0.805. The fourth-order valence-corrected chi connectivity index (χ4v) is 5.53. The summed E-state index contributed by atoms with van der Waals surface area (Å²) in [6.07, 6.45) is 4.88. The molecule has 4 atom stereocenters. The summed E-state index contributed by atoms with van der Waals surface area (Å²) in [4.78, 5) is 16.2. The summed E-state index contributed by atoms with van der Waals surface area (Å²) in [5.74, 6) is 1.22. The van der Waals surface area contributed by atoms with Gasteiger partial charge in [-0.2, -0.15) is 0 Å². The van der Waals surface area contributed by atoms with Gasteiger partial charge in [-0.25, -0.2) is 0 Å². The molecule has 4 rings (SSSR count). The fraction of sp³-hybridized carbons (Fsp3) is 0.682. The quantitative estimate of drug-likeness (QED) is 0.800. The number of quaternary nitrogens is 1. The maximum Gasteiger partial charge on any atom is 0.277 e. The molecule has 1 unspecified atom stereocenters. The summed E-state index contributed by atoms with van der Waals surface area (Å²) >= 11 is 0. The zero-order valence-electron chi connectivity index (χ0n) is 16.9. The zero-order valence-corrected chi connectivity index (χ0v) is 16.9. The van der Waals surface area contributed by atoms with E-state index in [2.05, 4.69) is 6.07 Å². The first-order chi connectivity index (χ1) is 13.6. The van der Waals surface area contributed by atoms with Crippen LogP contribution >= 0.6 is 0 Å². The Kier molecular flexibility index (Phi) is 5.90. The van der Waals surface area contributed by atoms with Crippen LogP contribution < -0.4 is 9.64 Å². The number of benzene rings is 1. The van der Waals surface area contributed by atoms with Gasteiger partial charge in [0.05, 0.1) is 38.0 Å². The van der Waals surface area contributed by atoms with Crippen molar-refractivity contribution in [2.24, 2.45) is 5.92 Å². The minimum absolute atomic E-state index is 0.0835. The van der Waals surface area contributed by atoms with Gasteiger partial charge in [0, 0.05) is 25.4 Å². The number of morpholine rings is 1. The van der Waals surface area contributed by atoms with Crippen LogP contribution in [0.2, 0.25) is 0 Å². The Morgan fingerprint density at radius 2 is 2.07 bits per heavy atom. The smallest absolute Gasteiger partial charge is 0.277 e. The molecular formula is C22H33N2O4+. The molecule has 2 N–H and O–H groups in total. The highest BCUT2D eigenvalue weighted by Gasteiger charge is 2.52. The molecular weight excluding hydrogens is 356 g/mol. The van der Waals surface area contributed by atoms with Crippen LogP contribution in [0.5, 0.6) is 5.75 Å². The number of hydrogen-bond acceptors (Lipinski definition) is 4. The van der Waals surface area contributed by atoms with Crippen molar-refractivity contribution in [2.75, 3.05) is 46.5 Å². The van der Waals surface area contributed by atoms with E-state index in [9.17, 15) is 9.90 Å². The number of fused-ring (bicyclic) bond motifs is 1. The SMILES string of the molecule is COc1ccccc1[C@H]1[C@@H]2CCCC[C@]2(O)CC[NH+]1CC(=O)N1CCOCC1. The number of methoxy groups -OCH3 is 1. The highest BCUT2D eigenvalue weighted by atomic mass is 16.5. The number of ether oxygens (including phenoxy) is 2. The molecule has 0 aromatic heterocycles. The fourth-order valence-electron chi connectivity index (χ4n) is 5.53. The van der Waals surface area contributed by atoms with E-state index in [0.717, 1.165) is 50.0 Å². The predicted molar refractivity (Wildman–Crippen MR) is 105 cm³/mol. The maximum atomic E-state index is 13.0. The van der Waals surface area contributed by atoms with Crippen molar-refractivity contribution >= 4 is 5.91 Å². The van der Waals surface area contributed by atoms with Gasteiger partial charge in [0.25, 0.3) is 5.91 Å². The van der Waals surface area contributed by atoms with Gasteiger partial charge in [-0.3, -0.25) is 4.79 Å². The Bertz CT molecular complexity index is 691. The van der Waals surface area contributed by atoms with Crippen LogP contribution in [0.4, 0.5) is 0 Å². The number of likely N-dealkylation sites (tertiary alicyclic amines) is 1. The van der Waals surface area contributed by atoms with Gasteiger partial charge in [0.15, 0.2) is 6.54 Å². The lowest BCUT2D eigenvalue weighted by Gasteiger charge is -2.50. The molecule has 28 heavy (non-hydrogen) atoms. The van der Waals surface area contributed by atoms with Crippen molar-refractivity contribution < 1.29 is 24.3 Å². The molecule has 3 aliphatic rings. The molecule has 1 saturated carbocycles. The molecule has 6 nitrogen and oxygen atoms in total. The van der Waals surface area contributed by atoms with E-state index < -0.39 is 5.60 Å². The first-order valence-electron chi connectivity index (χ1n) is 10.7. The molecule has 0 bridgehead atoms. The van der Waals surface area contributed by atoms with Crippen molar-refractivity contribution in [3.63, 3.8) is 0 Å². The third-order valence-corrected chi connectivity index (χ3v) is 7.00. The molecule has 1 aromatic rings. The molecule has 1 aliphatic carbocycles. The average Bonchev–Trinajstić information content (AvgIpc) is 2.74. The molecule has 2 heterocycles. The van der Waals surface area contributed by atoms with Crippen LogP contribution in [0, 0.1) is 5.92 Å². The van der Waals surface area contributed by atoms with Gasteiger partial charge in [0.1, 0.15) is 11.8 Å². The van der Waals surface area contributed by atoms with Crippen LogP contribution in [0.25, 0.3) is 0 Å². The van der Waals surface area contributed by atoms with Gasteiger partial charge in [0.2, 0.25) is 0 Å². The third-order valence-electron chi connectivity index (χ3n) is 7.00. The van der Waals surface area contributed by atoms with Crippen LogP contribution in [0.1, 0.15) is 43.7 Å². The summed E-state index contributed by atoms with van der Waals surface area (Å²) in [6, 6.07) is 8.21. The normalized spacial score (nSPS) is 33.2. The van der Waals surface area contributed by atoms with Crippen molar-refractivity contribution in [3.05, 3.63) is 29.8 Å². The molecule has 1 amide bonds. The minimum Gasteiger partial charge on any atom is -0.496 e. The second-order valence-corrected chi connectivity index (χ2v) is 8.50. The number of nitrogens with zero attached hydrogens (tertiary/aromatic N) is 1. The topological polar surface area (TPSA) is 63.4 Å². The lowest BCUT2D eigenvalue weighted by molar-refractivity contribution is -0.938. The Balaban J connectivity index is 1.63. The zero-order chi connectivity index (χ0) is 19.6. The third kappa shape index (κ3) is 3.78. The summed E-state index contributed by atoms with van der Waals surface area (Å²) in [5, 5.41) is 11.4. The summed E-state index contributed by atoms with van der Waals surface area (Å²) in [5.41, 5.74) is 0.509. The second-order valence-electron chi connectivity index (χ2n) is 8.50. The number of rotatable bonds is 4. The molecule has 6 heteroatoms. The lowest BCUT2D eigenvalue weighted by atomic mass is 9.66. The van der Waals surface area contributed by atoms with Gasteiger partial charge in [-0.1, -0.05) is 25.0 Å². The standard InChI is InChI=1S/C22H32N2O4/c1-27-19-8-3-2-6-17(19)21-18-7-4-5-9-22(18,26)10-11-24(21)16-20(25)23-12-14-28-15-13-23/h2-3,6,8,18,21,26H,4-5,7,9-16H2,1H3/p+1/t18-,21-,22-/m0/s1. The van der Waals surface area contributed by atoms with Gasteiger partial charge >= 0.3 is 0 Å². The number of piperidine rings is 1. The molecule has 2 aliphatic heterocycles. The molecule has 2 saturated heterocycles. The highest BCUT2D eigenvalue weighted by molar-refractivity contribution is 5.77. The number of hydrogen-bond donors (Lipinski definition) is 2. The number of aliphatic hydroxyl groups is 1. The van der Waals surface area contributed by atoms with Crippen LogP contribution in [0.3, 0.4) is 0 Å². The molecule has 154 valence electrons. The minimum atomic E-state index is -0.616. The Morgan fingerprint density at radius 3 is 2.86 bits per heavy atom. The van der Waals surface area contributed by atoms with E-state index in [-0.39, 0.29) is 17.9 Å². The van der Waals surface area contributed by atoms with Crippen LogP contribution in [-0.2, 0) is 9.53 Å². The number of nitrogens with one attached hydrogen (secondary N) is 1. The van der Waals surface area contributed by atoms with E-state index in [0.29, 0.717) is 32.8 Å². The number of carbonyl (C=O) groups excluding carboxylic acids is 1. The lowest BCUT2D eigenvalue weighted by Crippen LogP contribution is -3.16. The first-order valence-corrected chi connectivity index (χ1v) is 10.7. The van der Waals surface area contributed by atoms with E-state index in [1.165, 1.54) is 4.90 Å². The number of carbonyl (C=O) groups is 1. The van der Waals surface area contributed by atoms with Gasteiger partial charge in [-0.05, 0) is 25.0 Å². The van der Waals surface area contributed by atoms with E-state index in [4.69, 9.17) is 9.47 Å². The van der Waals surface area contributed by atoms with Gasteiger partial charge < -0.3 is 24.4 Å². The summed E-state index contributed by atoms with van der Waals surface area (Å²) < 4.78 is 11.1. The molecule has 3 fully saturated rings. The van der Waals surface area contributed by atoms with Crippen molar-refractivity contribution in [1.29, 1.82) is 0 Å². The second kappa shape index (κ2) is 8.39. The van der Waals surface area contributed by atoms with Crippen LogP contribution in [-0.4, -0.2) is 68.0 Å². The van der Waals surface area contributed by atoms with E-state index >= 15 is 0 Å². The molecule has 1 aromatic carbocycles. The van der Waals surface area contributed by atoms with Crippen molar-refractivity contribution in [3.8, 4) is 5.75 Å². The summed E-state index contributed by atoms with van der Waals surface area (Å²) in [7, 11) is 1.70.